The second kappa shape index (κ2) is 5.55. The van der Waals surface area contributed by atoms with Gasteiger partial charge in [0.15, 0.2) is 0 Å². The fourth-order valence-corrected chi connectivity index (χ4v) is 1.74. The van der Waals surface area contributed by atoms with Gasteiger partial charge >= 0.3 is 12.1 Å². The van der Waals surface area contributed by atoms with Crippen molar-refractivity contribution in [2.24, 2.45) is 0 Å². The van der Waals surface area contributed by atoms with Crippen LogP contribution in [0.25, 0.3) is 11.4 Å². The minimum atomic E-state index is -4.69. The number of hydrogen-bond donors (Lipinski definition) is 2. The summed E-state index contributed by atoms with van der Waals surface area (Å²) in [5.41, 5.74) is 1.13. The summed E-state index contributed by atoms with van der Waals surface area (Å²) in [5, 5.41) is 12.1. The number of halogens is 3. The van der Waals surface area contributed by atoms with Crippen LogP contribution in [0.5, 0.6) is 0 Å². The molecule has 0 fully saturated rings. The Kier molecular flexibility index (Phi) is 3.56. The van der Waals surface area contributed by atoms with Gasteiger partial charge in [0.2, 0.25) is 5.82 Å². The van der Waals surface area contributed by atoms with Gasteiger partial charge in [-0.1, -0.05) is 5.16 Å². The molecule has 0 aliphatic heterocycles. The van der Waals surface area contributed by atoms with Crippen molar-refractivity contribution in [1.29, 1.82) is 0 Å². The van der Waals surface area contributed by atoms with Gasteiger partial charge in [0, 0.05) is 17.4 Å². The molecule has 3 aromatic rings. The summed E-state index contributed by atoms with van der Waals surface area (Å²) in [7, 11) is 0. The van der Waals surface area contributed by atoms with Crippen molar-refractivity contribution in [3.8, 4) is 11.4 Å². The zero-order chi connectivity index (χ0) is 16.4. The van der Waals surface area contributed by atoms with Crippen molar-refractivity contribution in [3.63, 3.8) is 0 Å². The third-order valence-electron chi connectivity index (χ3n) is 2.83. The molecule has 118 valence electrons. The van der Waals surface area contributed by atoms with E-state index in [1.807, 2.05) is 0 Å². The van der Waals surface area contributed by atoms with Gasteiger partial charge in [-0.3, -0.25) is 9.89 Å². The summed E-state index contributed by atoms with van der Waals surface area (Å²) in [5.74, 6) is -1.97. The number of rotatable bonds is 3. The Bertz CT molecular complexity index is 809. The van der Waals surface area contributed by atoms with Gasteiger partial charge in [0.05, 0.1) is 11.8 Å². The molecule has 0 saturated carbocycles. The van der Waals surface area contributed by atoms with Crippen LogP contribution < -0.4 is 5.32 Å². The van der Waals surface area contributed by atoms with Crippen LogP contribution in [0.4, 0.5) is 18.9 Å². The SMILES string of the molecule is O=C(Nc1ccc(-c2noc(C(F)(F)F)n2)cc1)c1cn[nH]c1. The first kappa shape index (κ1) is 14.8. The van der Waals surface area contributed by atoms with Crippen LogP contribution in [-0.4, -0.2) is 26.2 Å². The van der Waals surface area contributed by atoms with E-state index in [-0.39, 0.29) is 11.7 Å². The van der Waals surface area contributed by atoms with E-state index in [0.717, 1.165) is 0 Å². The summed E-state index contributed by atoms with van der Waals surface area (Å²) in [4.78, 5) is 15.1. The Balaban J connectivity index is 1.74. The quantitative estimate of drug-likeness (QED) is 0.772. The number of nitrogens with zero attached hydrogens (tertiary/aromatic N) is 3. The highest BCUT2D eigenvalue weighted by Crippen LogP contribution is 2.29. The molecule has 23 heavy (non-hydrogen) atoms. The largest absolute Gasteiger partial charge is 0.471 e. The lowest BCUT2D eigenvalue weighted by Gasteiger charge is -2.03. The van der Waals surface area contributed by atoms with E-state index in [1.165, 1.54) is 36.7 Å². The molecule has 2 aromatic heterocycles. The van der Waals surface area contributed by atoms with Crippen LogP contribution in [0.15, 0.2) is 41.2 Å². The lowest BCUT2D eigenvalue weighted by Crippen LogP contribution is -2.10. The maximum atomic E-state index is 12.4. The Morgan fingerprint density at radius 1 is 1.22 bits per heavy atom. The molecule has 1 aromatic carbocycles. The highest BCUT2D eigenvalue weighted by atomic mass is 19.4. The van der Waals surface area contributed by atoms with Gasteiger partial charge in [-0.25, -0.2) is 0 Å². The third-order valence-corrected chi connectivity index (χ3v) is 2.83. The molecule has 1 amide bonds. The summed E-state index contributed by atoms with van der Waals surface area (Å²) in [6.07, 6.45) is -1.90. The summed E-state index contributed by atoms with van der Waals surface area (Å²) in [6.45, 7) is 0. The van der Waals surface area contributed by atoms with E-state index < -0.39 is 12.1 Å². The lowest BCUT2D eigenvalue weighted by molar-refractivity contribution is -0.159. The van der Waals surface area contributed by atoms with Crippen LogP contribution in [0.2, 0.25) is 0 Å². The Morgan fingerprint density at radius 2 is 1.96 bits per heavy atom. The van der Waals surface area contributed by atoms with Crippen LogP contribution in [0, 0.1) is 0 Å². The van der Waals surface area contributed by atoms with Gasteiger partial charge < -0.3 is 9.84 Å². The predicted molar refractivity (Wildman–Crippen MR) is 71.3 cm³/mol. The maximum Gasteiger partial charge on any atom is 0.471 e. The van der Waals surface area contributed by atoms with Crippen molar-refractivity contribution in [3.05, 3.63) is 48.1 Å². The Labute approximate surface area is 126 Å². The van der Waals surface area contributed by atoms with Crippen molar-refractivity contribution in [2.75, 3.05) is 5.32 Å². The molecule has 0 bridgehead atoms. The second-order valence-electron chi connectivity index (χ2n) is 4.44. The molecular weight excluding hydrogens is 315 g/mol. The number of anilines is 1. The van der Waals surface area contributed by atoms with Crippen LogP contribution >= 0.6 is 0 Å². The molecule has 0 aliphatic carbocycles. The molecule has 0 aliphatic rings. The average molecular weight is 323 g/mol. The summed E-state index contributed by atoms with van der Waals surface area (Å²) in [6, 6.07) is 5.96. The van der Waals surface area contributed by atoms with Crippen molar-refractivity contribution < 1.29 is 22.5 Å². The fourth-order valence-electron chi connectivity index (χ4n) is 1.74. The number of alkyl halides is 3. The van der Waals surface area contributed by atoms with Gasteiger partial charge in [0.25, 0.3) is 5.91 Å². The number of aromatic amines is 1. The summed E-state index contributed by atoms with van der Waals surface area (Å²) < 4.78 is 41.4. The number of H-pyrrole nitrogens is 1. The molecule has 2 N–H and O–H groups in total. The number of amides is 1. The Hall–Kier alpha value is -3.17. The normalized spacial score (nSPS) is 11.4. The molecule has 0 saturated heterocycles. The highest BCUT2D eigenvalue weighted by Gasteiger charge is 2.38. The van der Waals surface area contributed by atoms with E-state index in [2.05, 4.69) is 30.2 Å². The molecule has 2 heterocycles. The molecule has 7 nitrogen and oxygen atoms in total. The van der Waals surface area contributed by atoms with E-state index in [0.29, 0.717) is 16.8 Å². The van der Waals surface area contributed by atoms with Crippen LogP contribution in [0.3, 0.4) is 0 Å². The lowest BCUT2D eigenvalue weighted by atomic mass is 10.2. The van der Waals surface area contributed by atoms with E-state index in [9.17, 15) is 18.0 Å². The molecule has 0 atom stereocenters. The topological polar surface area (TPSA) is 96.7 Å². The average Bonchev–Trinajstić information content (AvgIpc) is 3.19. The first-order valence-corrected chi connectivity index (χ1v) is 6.25. The fraction of sp³-hybridized carbons (Fsp3) is 0.0769. The third kappa shape index (κ3) is 3.20. The van der Waals surface area contributed by atoms with Crippen molar-refractivity contribution in [2.45, 2.75) is 6.18 Å². The number of hydrogen-bond acceptors (Lipinski definition) is 5. The Morgan fingerprint density at radius 3 is 2.52 bits per heavy atom. The molecule has 0 spiro atoms. The standard InChI is InChI=1S/C13H8F3N5O2/c14-13(15,16)12-20-10(21-23-12)7-1-3-9(4-2-7)19-11(22)8-5-17-18-6-8/h1-6H,(H,17,18)(H,19,22). The van der Waals surface area contributed by atoms with Crippen molar-refractivity contribution in [1.82, 2.24) is 20.3 Å². The second-order valence-corrected chi connectivity index (χ2v) is 4.44. The van der Waals surface area contributed by atoms with E-state index >= 15 is 0 Å². The first-order valence-electron chi connectivity index (χ1n) is 6.25. The maximum absolute atomic E-state index is 12.4. The molecule has 0 unspecified atom stereocenters. The summed E-state index contributed by atoms with van der Waals surface area (Å²) >= 11 is 0. The van der Waals surface area contributed by atoms with Gasteiger partial charge in [0.1, 0.15) is 0 Å². The zero-order valence-corrected chi connectivity index (χ0v) is 11.3. The molecule has 10 heteroatoms. The van der Waals surface area contributed by atoms with Crippen LogP contribution in [0.1, 0.15) is 16.2 Å². The van der Waals surface area contributed by atoms with E-state index in [1.54, 1.807) is 0 Å². The molecular formula is C13H8F3N5O2. The van der Waals surface area contributed by atoms with Gasteiger partial charge in [-0.15, -0.1) is 0 Å². The monoisotopic (exact) mass is 323 g/mol. The predicted octanol–water partition coefficient (Wildman–Crippen LogP) is 2.73. The minimum Gasteiger partial charge on any atom is -0.329 e. The zero-order valence-electron chi connectivity index (χ0n) is 11.3. The van der Waals surface area contributed by atoms with Gasteiger partial charge in [-0.05, 0) is 24.3 Å². The smallest absolute Gasteiger partial charge is 0.329 e. The molecule has 0 radical (unpaired) electrons. The number of aromatic nitrogens is 4. The minimum absolute atomic E-state index is 0.190. The van der Waals surface area contributed by atoms with Crippen molar-refractivity contribution >= 4 is 11.6 Å². The van der Waals surface area contributed by atoms with Crippen LogP contribution in [-0.2, 0) is 6.18 Å². The van der Waals surface area contributed by atoms with E-state index in [4.69, 9.17) is 0 Å². The number of carbonyl (C=O) groups is 1. The highest BCUT2D eigenvalue weighted by molar-refractivity contribution is 6.03. The molecule has 3 rings (SSSR count). The van der Waals surface area contributed by atoms with Gasteiger partial charge in [-0.2, -0.15) is 23.3 Å². The number of benzene rings is 1. The first-order chi connectivity index (χ1) is 10.9. The number of carbonyl (C=O) groups excluding carboxylic acids is 1. The number of nitrogens with one attached hydrogen (secondary N) is 2.